The molecule has 2 aromatic carbocycles. The van der Waals surface area contributed by atoms with Crippen LogP contribution in [0.4, 0.5) is 8.78 Å². The highest BCUT2D eigenvalue weighted by atomic mass is 32.2. The second kappa shape index (κ2) is 7.60. The number of aromatic nitrogens is 4. The summed E-state index contributed by atoms with van der Waals surface area (Å²) in [7, 11) is 0. The second-order valence-corrected chi connectivity index (χ2v) is 6.72. The Morgan fingerprint density at radius 1 is 1.04 bits per heavy atom. The van der Waals surface area contributed by atoms with Crippen LogP contribution in [-0.4, -0.2) is 26.8 Å². The molecule has 0 aliphatic rings. The number of benzene rings is 2. The summed E-state index contributed by atoms with van der Waals surface area (Å²) in [5, 5.41) is 12.6. The second-order valence-electron chi connectivity index (χ2n) is 5.42. The van der Waals surface area contributed by atoms with Crippen molar-refractivity contribution in [1.82, 2.24) is 20.2 Å². The van der Waals surface area contributed by atoms with Gasteiger partial charge in [0.2, 0.25) is 5.16 Å². The maximum atomic E-state index is 12.2. The van der Waals surface area contributed by atoms with Crippen LogP contribution in [0.2, 0.25) is 0 Å². The molecular formula is C17H16F2N4OS. The van der Waals surface area contributed by atoms with Gasteiger partial charge >= 0.3 is 6.61 Å². The van der Waals surface area contributed by atoms with E-state index in [1.165, 1.54) is 23.9 Å². The summed E-state index contributed by atoms with van der Waals surface area (Å²) < 4.78 is 30.5. The number of ether oxygens (including phenoxy) is 1. The molecule has 0 saturated carbocycles. The van der Waals surface area contributed by atoms with Gasteiger partial charge in [-0.05, 0) is 54.1 Å². The maximum Gasteiger partial charge on any atom is 0.387 e. The zero-order valence-electron chi connectivity index (χ0n) is 13.6. The SMILES string of the molecule is Cc1ccc(-n2nnnc2SC(C)c2ccc(OC(F)F)cc2)cc1. The van der Waals surface area contributed by atoms with E-state index >= 15 is 0 Å². The summed E-state index contributed by atoms with van der Waals surface area (Å²) in [5.74, 6) is 0.139. The molecule has 0 aliphatic heterocycles. The third-order valence-corrected chi connectivity index (χ3v) is 4.67. The molecule has 8 heteroatoms. The lowest BCUT2D eigenvalue weighted by Gasteiger charge is -2.12. The fourth-order valence-corrected chi connectivity index (χ4v) is 3.18. The van der Waals surface area contributed by atoms with Gasteiger partial charge in [-0.15, -0.1) is 5.10 Å². The number of hydrogen-bond acceptors (Lipinski definition) is 5. The van der Waals surface area contributed by atoms with Crippen molar-refractivity contribution in [3.63, 3.8) is 0 Å². The number of aryl methyl sites for hydroxylation is 1. The van der Waals surface area contributed by atoms with E-state index in [9.17, 15) is 8.78 Å². The minimum atomic E-state index is -2.82. The van der Waals surface area contributed by atoms with E-state index in [-0.39, 0.29) is 11.0 Å². The lowest BCUT2D eigenvalue weighted by Crippen LogP contribution is -2.02. The fourth-order valence-electron chi connectivity index (χ4n) is 2.25. The Labute approximate surface area is 148 Å². The minimum absolute atomic E-state index is 0.0378. The Kier molecular flexibility index (Phi) is 5.28. The van der Waals surface area contributed by atoms with E-state index in [4.69, 9.17) is 0 Å². The van der Waals surface area contributed by atoms with Gasteiger partial charge in [0.05, 0.1) is 5.69 Å². The molecule has 1 aromatic heterocycles. The van der Waals surface area contributed by atoms with Crippen molar-refractivity contribution in [3.8, 4) is 11.4 Å². The molecule has 0 spiro atoms. The van der Waals surface area contributed by atoms with Crippen LogP contribution in [0.5, 0.6) is 5.75 Å². The van der Waals surface area contributed by atoms with Gasteiger partial charge in [0.1, 0.15) is 5.75 Å². The first kappa shape index (κ1) is 17.3. The molecule has 1 unspecified atom stereocenters. The highest BCUT2D eigenvalue weighted by Gasteiger charge is 2.15. The van der Waals surface area contributed by atoms with Gasteiger partial charge < -0.3 is 4.74 Å². The number of tetrazole rings is 1. The van der Waals surface area contributed by atoms with Gasteiger partial charge in [-0.1, -0.05) is 41.6 Å². The van der Waals surface area contributed by atoms with Gasteiger partial charge in [-0.2, -0.15) is 13.5 Å². The van der Waals surface area contributed by atoms with Crippen LogP contribution in [-0.2, 0) is 0 Å². The van der Waals surface area contributed by atoms with Gasteiger partial charge in [-0.25, -0.2) is 0 Å². The van der Waals surface area contributed by atoms with Crippen molar-refractivity contribution in [3.05, 3.63) is 59.7 Å². The summed E-state index contributed by atoms with van der Waals surface area (Å²) in [4.78, 5) is 0. The molecule has 25 heavy (non-hydrogen) atoms. The lowest BCUT2D eigenvalue weighted by atomic mass is 10.2. The van der Waals surface area contributed by atoms with E-state index < -0.39 is 6.61 Å². The minimum Gasteiger partial charge on any atom is -0.435 e. The molecule has 0 fully saturated rings. The highest BCUT2D eigenvalue weighted by Crippen LogP contribution is 2.34. The fraction of sp³-hybridized carbons (Fsp3) is 0.235. The normalized spacial score (nSPS) is 12.4. The van der Waals surface area contributed by atoms with Crippen molar-refractivity contribution in [1.29, 1.82) is 0 Å². The number of thioether (sulfide) groups is 1. The summed E-state index contributed by atoms with van der Waals surface area (Å²) >= 11 is 1.49. The van der Waals surface area contributed by atoms with E-state index in [0.717, 1.165) is 16.8 Å². The molecule has 0 N–H and O–H groups in total. The van der Waals surface area contributed by atoms with Crippen molar-refractivity contribution in [2.75, 3.05) is 0 Å². The van der Waals surface area contributed by atoms with Crippen LogP contribution >= 0.6 is 11.8 Å². The van der Waals surface area contributed by atoms with Crippen LogP contribution in [0, 0.1) is 6.92 Å². The highest BCUT2D eigenvalue weighted by molar-refractivity contribution is 7.99. The molecule has 1 atom stereocenters. The first-order chi connectivity index (χ1) is 12.0. The van der Waals surface area contributed by atoms with Crippen molar-refractivity contribution < 1.29 is 13.5 Å². The molecule has 0 amide bonds. The average molecular weight is 362 g/mol. The Morgan fingerprint density at radius 2 is 1.72 bits per heavy atom. The zero-order valence-corrected chi connectivity index (χ0v) is 14.5. The molecule has 0 bridgehead atoms. The molecule has 130 valence electrons. The largest absolute Gasteiger partial charge is 0.435 e. The predicted molar refractivity (Wildman–Crippen MR) is 91.2 cm³/mol. The quantitative estimate of drug-likeness (QED) is 0.608. The van der Waals surface area contributed by atoms with Gasteiger partial charge in [-0.3, -0.25) is 0 Å². The first-order valence-electron chi connectivity index (χ1n) is 7.60. The van der Waals surface area contributed by atoms with Crippen LogP contribution in [0.15, 0.2) is 53.7 Å². The third kappa shape index (κ3) is 4.33. The molecule has 0 aliphatic carbocycles. The molecule has 5 nitrogen and oxygen atoms in total. The van der Waals surface area contributed by atoms with E-state index in [2.05, 4.69) is 20.3 Å². The average Bonchev–Trinajstić information content (AvgIpc) is 3.03. The van der Waals surface area contributed by atoms with Gasteiger partial charge in [0.15, 0.2) is 0 Å². The van der Waals surface area contributed by atoms with E-state index in [1.54, 1.807) is 16.8 Å². The third-order valence-electron chi connectivity index (χ3n) is 3.58. The van der Waals surface area contributed by atoms with Crippen LogP contribution in [0.3, 0.4) is 0 Å². The number of alkyl halides is 2. The monoisotopic (exact) mass is 362 g/mol. The van der Waals surface area contributed by atoms with Crippen molar-refractivity contribution in [2.24, 2.45) is 0 Å². The zero-order chi connectivity index (χ0) is 17.8. The van der Waals surface area contributed by atoms with Crippen LogP contribution < -0.4 is 4.74 Å². The lowest BCUT2D eigenvalue weighted by molar-refractivity contribution is -0.0498. The van der Waals surface area contributed by atoms with Crippen LogP contribution in [0.25, 0.3) is 5.69 Å². The molecular weight excluding hydrogens is 346 g/mol. The standard InChI is InChI=1S/C17H16F2N4OS/c1-11-3-7-14(8-4-11)23-17(20-21-22-23)25-12(2)13-5-9-15(10-6-13)24-16(18)19/h3-10,12,16H,1-2H3. The Hall–Kier alpha value is -2.48. The summed E-state index contributed by atoms with van der Waals surface area (Å²) in [6, 6.07) is 14.5. The summed E-state index contributed by atoms with van der Waals surface area (Å²) in [6.45, 7) is 1.20. The molecule has 0 saturated heterocycles. The topological polar surface area (TPSA) is 52.8 Å². The summed E-state index contributed by atoms with van der Waals surface area (Å²) in [6.07, 6.45) is 0. The van der Waals surface area contributed by atoms with E-state index in [1.807, 2.05) is 38.1 Å². The van der Waals surface area contributed by atoms with Crippen LogP contribution in [0.1, 0.15) is 23.3 Å². The number of hydrogen-bond donors (Lipinski definition) is 0. The maximum absolute atomic E-state index is 12.2. The number of rotatable bonds is 6. The van der Waals surface area contributed by atoms with Crippen molar-refractivity contribution in [2.45, 2.75) is 30.9 Å². The molecule has 3 rings (SSSR count). The van der Waals surface area contributed by atoms with Gasteiger partial charge in [0.25, 0.3) is 0 Å². The van der Waals surface area contributed by atoms with Crippen molar-refractivity contribution >= 4 is 11.8 Å². The first-order valence-corrected chi connectivity index (χ1v) is 8.48. The number of halogens is 2. The predicted octanol–water partition coefficient (Wildman–Crippen LogP) is 4.43. The number of nitrogens with zero attached hydrogens (tertiary/aromatic N) is 4. The Morgan fingerprint density at radius 3 is 2.36 bits per heavy atom. The van der Waals surface area contributed by atoms with E-state index in [0.29, 0.717) is 5.16 Å². The Bertz CT molecular complexity index is 821. The van der Waals surface area contributed by atoms with Gasteiger partial charge in [0, 0.05) is 5.25 Å². The Balaban J connectivity index is 1.74. The molecule has 0 radical (unpaired) electrons. The molecule has 1 heterocycles. The molecule has 3 aromatic rings. The summed E-state index contributed by atoms with van der Waals surface area (Å²) in [5.41, 5.74) is 3.00. The smallest absolute Gasteiger partial charge is 0.387 e.